The lowest BCUT2D eigenvalue weighted by atomic mass is 9.93. The lowest BCUT2D eigenvalue weighted by molar-refractivity contribution is -0.175. The molecule has 1 fully saturated rings. The number of carbonyl (C=O) groups excluding carboxylic acids is 1. The molecule has 0 aliphatic carbocycles. The molecule has 0 aromatic carbocycles. The van der Waals surface area contributed by atoms with Crippen molar-refractivity contribution in [1.29, 1.82) is 0 Å². The van der Waals surface area contributed by atoms with E-state index in [2.05, 4.69) is 4.74 Å². The van der Waals surface area contributed by atoms with Gasteiger partial charge in [0.15, 0.2) is 0 Å². The number of nitrogens with zero attached hydrogens (tertiary/aromatic N) is 1. The highest BCUT2D eigenvalue weighted by Gasteiger charge is 2.27. The number of ether oxygens (including phenoxy) is 1. The van der Waals surface area contributed by atoms with Gasteiger partial charge in [0.2, 0.25) is 5.91 Å². The first kappa shape index (κ1) is 16.2. The summed E-state index contributed by atoms with van der Waals surface area (Å²) < 4.78 is 39.9. The minimum Gasteiger partial charge on any atom is -0.372 e. The van der Waals surface area contributed by atoms with E-state index in [0.717, 1.165) is 19.3 Å². The topological polar surface area (TPSA) is 55.6 Å². The molecular formula is C12H21F3N2O2. The molecule has 1 rings (SSSR count). The third-order valence-corrected chi connectivity index (χ3v) is 3.27. The Morgan fingerprint density at radius 1 is 1.32 bits per heavy atom. The van der Waals surface area contributed by atoms with Gasteiger partial charge in [0.1, 0.15) is 6.61 Å². The van der Waals surface area contributed by atoms with E-state index >= 15 is 0 Å². The van der Waals surface area contributed by atoms with Crippen molar-refractivity contribution in [2.24, 2.45) is 11.7 Å². The van der Waals surface area contributed by atoms with E-state index in [-0.39, 0.29) is 18.9 Å². The van der Waals surface area contributed by atoms with Crippen LogP contribution >= 0.6 is 0 Å². The van der Waals surface area contributed by atoms with Crippen LogP contribution < -0.4 is 5.73 Å². The number of halogens is 3. The number of alkyl halides is 3. The Labute approximate surface area is 111 Å². The van der Waals surface area contributed by atoms with Gasteiger partial charge in [-0.3, -0.25) is 4.79 Å². The molecule has 0 radical (unpaired) electrons. The van der Waals surface area contributed by atoms with E-state index in [0.29, 0.717) is 25.6 Å². The zero-order valence-corrected chi connectivity index (χ0v) is 10.9. The second-order valence-electron chi connectivity index (χ2n) is 4.82. The fourth-order valence-electron chi connectivity index (χ4n) is 2.21. The quantitative estimate of drug-likeness (QED) is 0.752. The molecule has 7 heteroatoms. The monoisotopic (exact) mass is 282 g/mol. The van der Waals surface area contributed by atoms with Gasteiger partial charge in [-0.15, -0.1) is 0 Å². The lowest BCUT2D eigenvalue weighted by Gasteiger charge is -2.32. The van der Waals surface area contributed by atoms with Crippen molar-refractivity contribution in [2.45, 2.75) is 31.9 Å². The Hall–Kier alpha value is -0.820. The number of rotatable bonds is 6. The highest BCUT2D eigenvalue weighted by atomic mass is 19.4. The van der Waals surface area contributed by atoms with Gasteiger partial charge in [0, 0.05) is 13.1 Å². The predicted molar refractivity (Wildman–Crippen MR) is 64.5 cm³/mol. The molecule has 1 aliphatic heterocycles. The Morgan fingerprint density at radius 3 is 2.47 bits per heavy atom. The minimum atomic E-state index is -4.33. The first-order valence-electron chi connectivity index (χ1n) is 6.54. The van der Waals surface area contributed by atoms with E-state index in [1.54, 1.807) is 4.90 Å². The molecule has 112 valence electrons. The van der Waals surface area contributed by atoms with E-state index in [4.69, 9.17) is 5.73 Å². The molecule has 2 N–H and O–H groups in total. The standard InChI is InChI=1S/C12H21F3N2O2/c13-12(14,15)9-19-8-4-11(18)17-6-2-10(1-5-16)3-7-17/h10H,1-9,16H2. The van der Waals surface area contributed by atoms with Gasteiger partial charge in [0.05, 0.1) is 13.0 Å². The molecule has 4 nitrogen and oxygen atoms in total. The average Bonchev–Trinajstić information content (AvgIpc) is 2.34. The van der Waals surface area contributed by atoms with E-state index in [1.165, 1.54) is 0 Å². The van der Waals surface area contributed by atoms with Crippen molar-refractivity contribution in [3.63, 3.8) is 0 Å². The largest absolute Gasteiger partial charge is 0.411 e. The molecular weight excluding hydrogens is 261 g/mol. The highest BCUT2D eigenvalue weighted by molar-refractivity contribution is 5.76. The van der Waals surface area contributed by atoms with Crippen molar-refractivity contribution in [1.82, 2.24) is 4.90 Å². The molecule has 0 saturated carbocycles. The molecule has 19 heavy (non-hydrogen) atoms. The number of likely N-dealkylation sites (tertiary alicyclic amines) is 1. The van der Waals surface area contributed by atoms with Crippen LogP contribution in [0.5, 0.6) is 0 Å². The molecule has 1 heterocycles. The third-order valence-electron chi connectivity index (χ3n) is 3.27. The maximum atomic E-state index is 11.8. The van der Waals surface area contributed by atoms with Crippen LogP contribution in [0, 0.1) is 5.92 Å². The SMILES string of the molecule is NCCC1CCN(C(=O)CCOCC(F)(F)F)CC1. The van der Waals surface area contributed by atoms with Crippen LogP contribution in [0.25, 0.3) is 0 Å². The van der Waals surface area contributed by atoms with Crippen molar-refractivity contribution in [3.8, 4) is 0 Å². The van der Waals surface area contributed by atoms with Gasteiger partial charge in [-0.05, 0) is 31.7 Å². The molecule has 1 aliphatic rings. The van der Waals surface area contributed by atoms with Gasteiger partial charge >= 0.3 is 6.18 Å². The summed E-state index contributed by atoms with van der Waals surface area (Å²) in [7, 11) is 0. The van der Waals surface area contributed by atoms with Crippen LogP contribution in [0.4, 0.5) is 13.2 Å². The van der Waals surface area contributed by atoms with Crippen molar-refractivity contribution < 1.29 is 22.7 Å². The van der Waals surface area contributed by atoms with Crippen LogP contribution in [-0.4, -0.2) is 49.8 Å². The fourth-order valence-corrected chi connectivity index (χ4v) is 2.21. The van der Waals surface area contributed by atoms with Crippen LogP contribution in [-0.2, 0) is 9.53 Å². The smallest absolute Gasteiger partial charge is 0.372 e. The zero-order valence-electron chi connectivity index (χ0n) is 10.9. The van der Waals surface area contributed by atoms with E-state index in [9.17, 15) is 18.0 Å². The highest BCUT2D eigenvalue weighted by Crippen LogP contribution is 2.20. The summed E-state index contributed by atoms with van der Waals surface area (Å²) in [4.78, 5) is 13.4. The van der Waals surface area contributed by atoms with Crippen molar-refractivity contribution in [3.05, 3.63) is 0 Å². The summed E-state index contributed by atoms with van der Waals surface area (Å²) in [6, 6.07) is 0. The molecule has 0 unspecified atom stereocenters. The summed E-state index contributed by atoms with van der Waals surface area (Å²) in [6.45, 7) is 0.523. The maximum Gasteiger partial charge on any atom is 0.411 e. The van der Waals surface area contributed by atoms with Gasteiger partial charge in [-0.2, -0.15) is 13.2 Å². The summed E-state index contributed by atoms with van der Waals surface area (Å²) in [5.74, 6) is 0.434. The molecule has 0 atom stereocenters. The Morgan fingerprint density at radius 2 is 1.95 bits per heavy atom. The fraction of sp³-hybridized carbons (Fsp3) is 0.917. The number of piperidine rings is 1. The maximum absolute atomic E-state index is 11.8. The Balaban J connectivity index is 2.14. The van der Waals surface area contributed by atoms with Crippen LogP contribution in [0.3, 0.4) is 0 Å². The second kappa shape index (κ2) is 7.69. The van der Waals surface area contributed by atoms with E-state index < -0.39 is 12.8 Å². The van der Waals surface area contributed by atoms with Gasteiger partial charge in [-0.1, -0.05) is 0 Å². The summed E-state index contributed by atoms with van der Waals surface area (Å²) in [5, 5.41) is 0. The number of hydrogen-bond donors (Lipinski definition) is 1. The molecule has 0 aromatic heterocycles. The van der Waals surface area contributed by atoms with Crippen molar-refractivity contribution in [2.75, 3.05) is 32.8 Å². The summed E-state index contributed by atoms with van der Waals surface area (Å²) >= 11 is 0. The van der Waals surface area contributed by atoms with E-state index in [1.807, 2.05) is 0 Å². The molecule has 1 saturated heterocycles. The Bertz CT molecular complexity index is 277. The number of carbonyl (C=O) groups is 1. The third kappa shape index (κ3) is 6.77. The molecule has 1 amide bonds. The average molecular weight is 282 g/mol. The summed E-state index contributed by atoms with van der Waals surface area (Å²) in [6.07, 6.45) is -1.50. The first-order chi connectivity index (χ1) is 8.92. The number of hydrogen-bond acceptors (Lipinski definition) is 3. The number of amides is 1. The van der Waals surface area contributed by atoms with Crippen LogP contribution in [0.1, 0.15) is 25.7 Å². The lowest BCUT2D eigenvalue weighted by Crippen LogP contribution is -2.39. The molecule has 0 aromatic rings. The number of nitrogens with two attached hydrogens (primary N) is 1. The summed E-state index contributed by atoms with van der Waals surface area (Å²) in [5.41, 5.74) is 5.48. The minimum absolute atomic E-state index is 0.0115. The predicted octanol–water partition coefficient (Wildman–Crippen LogP) is 1.54. The first-order valence-corrected chi connectivity index (χ1v) is 6.54. The van der Waals surface area contributed by atoms with Gasteiger partial charge < -0.3 is 15.4 Å². The molecule has 0 spiro atoms. The zero-order chi connectivity index (χ0) is 14.3. The van der Waals surface area contributed by atoms with Crippen LogP contribution in [0.15, 0.2) is 0 Å². The van der Waals surface area contributed by atoms with Gasteiger partial charge in [-0.25, -0.2) is 0 Å². The van der Waals surface area contributed by atoms with Gasteiger partial charge in [0.25, 0.3) is 0 Å². The van der Waals surface area contributed by atoms with Crippen molar-refractivity contribution >= 4 is 5.91 Å². The van der Waals surface area contributed by atoms with Crippen LogP contribution in [0.2, 0.25) is 0 Å². The Kier molecular flexibility index (Phi) is 6.57. The molecule has 0 bridgehead atoms. The second-order valence-corrected chi connectivity index (χ2v) is 4.82. The normalized spacial score (nSPS) is 17.8.